The van der Waals surface area contributed by atoms with E-state index >= 15 is 0 Å². The quantitative estimate of drug-likeness (QED) is 0.616. The van der Waals surface area contributed by atoms with Crippen molar-refractivity contribution in [3.05, 3.63) is 40.0 Å². The van der Waals surface area contributed by atoms with Crippen LogP contribution in [0.5, 0.6) is 0 Å². The Morgan fingerprint density at radius 3 is 1.70 bits per heavy atom. The molecule has 0 N–H and O–H groups in total. The number of nitrogens with zero attached hydrogens (tertiary/aromatic N) is 1. The van der Waals surface area contributed by atoms with Crippen molar-refractivity contribution in [2.45, 2.75) is 66.2 Å². The van der Waals surface area contributed by atoms with Crippen molar-refractivity contribution in [3.63, 3.8) is 0 Å². The Hall–Kier alpha value is -1.55. The van der Waals surface area contributed by atoms with Gasteiger partial charge in [0.15, 0.2) is 0 Å². The van der Waals surface area contributed by atoms with Gasteiger partial charge in [0.1, 0.15) is 0 Å². The second kappa shape index (κ2) is 5.44. The molecule has 20 heavy (non-hydrogen) atoms. The SMILES string of the molecule is C/C(C#N)=C/c1cc(C(C)(C)C)c(C)c(C(C)(C)C)c1. The molecule has 1 heteroatoms. The maximum atomic E-state index is 8.99. The Morgan fingerprint density at radius 2 is 1.40 bits per heavy atom. The number of hydrogen-bond donors (Lipinski definition) is 0. The Balaban J connectivity index is 3.64. The van der Waals surface area contributed by atoms with E-state index in [1.54, 1.807) is 0 Å². The fourth-order valence-electron chi connectivity index (χ4n) is 2.66. The first-order chi connectivity index (χ1) is 8.96. The number of allylic oxidation sites excluding steroid dienone is 1. The topological polar surface area (TPSA) is 23.8 Å². The van der Waals surface area contributed by atoms with E-state index in [0.717, 1.165) is 11.1 Å². The molecule has 1 aromatic rings. The third-order valence-corrected chi connectivity index (χ3v) is 3.61. The lowest BCUT2D eigenvalue weighted by molar-refractivity contribution is 0.561. The fourth-order valence-corrected chi connectivity index (χ4v) is 2.66. The van der Waals surface area contributed by atoms with Crippen LogP contribution >= 0.6 is 0 Å². The third kappa shape index (κ3) is 3.73. The molecule has 0 atom stereocenters. The van der Waals surface area contributed by atoms with Crippen LogP contribution in [0.3, 0.4) is 0 Å². The minimum Gasteiger partial charge on any atom is -0.193 e. The standard InChI is InChI=1S/C19H27N/c1-13(12-20)9-15-10-16(18(3,4)5)14(2)17(11-15)19(6,7)8/h9-11H,1-8H3/b13-9-. The van der Waals surface area contributed by atoms with Crippen LogP contribution < -0.4 is 0 Å². The zero-order valence-electron chi connectivity index (χ0n) is 14.2. The molecule has 1 aromatic carbocycles. The summed E-state index contributed by atoms with van der Waals surface area (Å²) in [7, 11) is 0. The molecule has 0 unspecified atom stereocenters. The summed E-state index contributed by atoms with van der Waals surface area (Å²) in [6.45, 7) is 17.5. The first-order valence-electron chi connectivity index (χ1n) is 7.21. The van der Waals surface area contributed by atoms with Crippen molar-refractivity contribution >= 4 is 6.08 Å². The zero-order chi connectivity index (χ0) is 15.7. The molecule has 1 rings (SSSR count). The van der Waals surface area contributed by atoms with E-state index in [9.17, 15) is 0 Å². The summed E-state index contributed by atoms with van der Waals surface area (Å²) < 4.78 is 0. The molecule has 0 saturated heterocycles. The second-order valence-corrected chi connectivity index (χ2v) is 7.68. The van der Waals surface area contributed by atoms with E-state index in [4.69, 9.17) is 5.26 Å². The van der Waals surface area contributed by atoms with Crippen molar-refractivity contribution in [2.24, 2.45) is 0 Å². The van der Waals surface area contributed by atoms with Gasteiger partial charge in [-0.15, -0.1) is 0 Å². The van der Waals surface area contributed by atoms with E-state index in [2.05, 4.69) is 66.7 Å². The van der Waals surface area contributed by atoms with Crippen LogP contribution in [-0.4, -0.2) is 0 Å². The third-order valence-electron chi connectivity index (χ3n) is 3.61. The summed E-state index contributed by atoms with van der Waals surface area (Å²) in [5, 5.41) is 8.99. The van der Waals surface area contributed by atoms with Crippen LogP contribution in [0.1, 0.15) is 70.7 Å². The summed E-state index contributed by atoms with van der Waals surface area (Å²) in [4.78, 5) is 0. The van der Waals surface area contributed by atoms with Gasteiger partial charge in [-0.25, -0.2) is 0 Å². The number of nitriles is 1. The number of benzene rings is 1. The maximum absolute atomic E-state index is 8.99. The highest BCUT2D eigenvalue weighted by Gasteiger charge is 2.23. The molecule has 0 bridgehead atoms. The molecule has 0 heterocycles. The van der Waals surface area contributed by atoms with Gasteiger partial charge in [0.2, 0.25) is 0 Å². The Morgan fingerprint density at radius 1 is 1.00 bits per heavy atom. The Bertz CT molecular complexity index is 534. The molecule has 1 nitrogen and oxygen atoms in total. The lowest BCUT2D eigenvalue weighted by Crippen LogP contribution is -2.20. The predicted octanol–water partition coefficient (Wildman–Crippen LogP) is 5.52. The molecule has 0 fully saturated rings. The normalized spacial score (nSPS) is 13.2. The lowest BCUT2D eigenvalue weighted by Gasteiger charge is -2.29. The summed E-state index contributed by atoms with van der Waals surface area (Å²) >= 11 is 0. The summed E-state index contributed by atoms with van der Waals surface area (Å²) in [6, 6.07) is 6.66. The van der Waals surface area contributed by atoms with Crippen LogP contribution in [0.4, 0.5) is 0 Å². The van der Waals surface area contributed by atoms with Gasteiger partial charge in [0.25, 0.3) is 0 Å². The minimum atomic E-state index is 0.106. The zero-order valence-corrected chi connectivity index (χ0v) is 14.2. The van der Waals surface area contributed by atoms with Crippen LogP contribution in [0, 0.1) is 18.3 Å². The van der Waals surface area contributed by atoms with Crippen molar-refractivity contribution in [2.75, 3.05) is 0 Å². The highest BCUT2D eigenvalue weighted by molar-refractivity contribution is 5.60. The average molecular weight is 269 g/mol. The fraction of sp³-hybridized carbons (Fsp3) is 0.526. The molecule has 0 radical (unpaired) electrons. The van der Waals surface area contributed by atoms with Gasteiger partial charge in [0, 0.05) is 5.57 Å². The van der Waals surface area contributed by atoms with Gasteiger partial charge in [-0.3, -0.25) is 0 Å². The first-order valence-corrected chi connectivity index (χ1v) is 7.21. The molecule has 0 amide bonds. The van der Waals surface area contributed by atoms with Crippen LogP contribution in [0.15, 0.2) is 17.7 Å². The monoisotopic (exact) mass is 269 g/mol. The van der Waals surface area contributed by atoms with Crippen LogP contribution in [0.25, 0.3) is 6.08 Å². The first kappa shape index (κ1) is 16.5. The molecule has 108 valence electrons. The van der Waals surface area contributed by atoms with Crippen molar-refractivity contribution in [1.29, 1.82) is 5.26 Å². The highest BCUT2D eigenvalue weighted by atomic mass is 14.3. The van der Waals surface area contributed by atoms with Crippen molar-refractivity contribution < 1.29 is 0 Å². The summed E-state index contributed by atoms with van der Waals surface area (Å²) in [6.07, 6.45) is 1.98. The van der Waals surface area contributed by atoms with Crippen molar-refractivity contribution in [1.82, 2.24) is 0 Å². The molecule has 0 aliphatic carbocycles. The van der Waals surface area contributed by atoms with E-state index in [1.807, 2.05) is 13.0 Å². The number of rotatable bonds is 1. The summed E-state index contributed by atoms with van der Waals surface area (Å²) in [5.74, 6) is 0. The van der Waals surface area contributed by atoms with Gasteiger partial charge in [-0.1, -0.05) is 53.7 Å². The Labute approximate surface area is 124 Å². The van der Waals surface area contributed by atoms with Gasteiger partial charge in [-0.2, -0.15) is 5.26 Å². The van der Waals surface area contributed by atoms with Crippen molar-refractivity contribution in [3.8, 4) is 6.07 Å². The van der Waals surface area contributed by atoms with Crippen LogP contribution in [0.2, 0.25) is 0 Å². The highest BCUT2D eigenvalue weighted by Crippen LogP contribution is 2.35. The molecule has 0 saturated carbocycles. The number of hydrogen-bond acceptors (Lipinski definition) is 1. The largest absolute Gasteiger partial charge is 0.193 e. The van der Waals surface area contributed by atoms with E-state index in [0.29, 0.717) is 0 Å². The molecule has 0 aliphatic rings. The lowest BCUT2D eigenvalue weighted by atomic mass is 9.75. The Kier molecular flexibility index (Phi) is 4.49. The average Bonchev–Trinajstić information content (AvgIpc) is 2.28. The van der Waals surface area contributed by atoms with Crippen LogP contribution in [-0.2, 0) is 10.8 Å². The van der Waals surface area contributed by atoms with Gasteiger partial charge >= 0.3 is 0 Å². The van der Waals surface area contributed by atoms with Gasteiger partial charge < -0.3 is 0 Å². The smallest absolute Gasteiger partial charge is 0.0944 e. The minimum absolute atomic E-state index is 0.106. The maximum Gasteiger partial charge on any atom is 0.0944 e. The van der Waals surface area contributed by atoms with Gasteiger partial charge in [-0.05, 0) is 53.0 Å². The molecular formula is C19H27N. The van der Waals surface area contributed by atoms with E-state index in [1.165, 1.54) is 16.7 Å². The molecule has 0 aliphatic heterocycles. The molecule has 0 aromatic heterocycles. The van der Waals surface area contributed by atoms with E-state index in [-0.39, 0.29) is 10.8 Å². The van der Waals surface area contributed by atoms with Gasteiger partial charge in [0.05, 0.1) is 6.07 Å². The second-order valence-electron chi connectivity index (χ2n) is 7.68. The predicted molar refractivity (Wildman–Crippen MR) is 87.8 cm³/mol. The summed E-state index contributed by atoms with van der Waals surface area (Å²) in [5.41, 5.74) is 6.18. The molecular weight excluding hydrogens is 242 g/mol. The van der Waals surface area contributed by atoms with E-state index < -0.39 is 0 Å². The molecule has 0 spiro atoms.